The monoisotopic (exact) mass is 296 g/mol. The van der Waals surface area contributed by atoms with Crippen molar-refractivity contribution in [1.29, 1.82) is 0 Å². The van der Waals surface area contributed by atoms with Crippen LogP contribution in [0.15, 0.2) is 10.5 Å². The summed E-state index contributed by atoms with van der Waals surface area (Å²) in [6.45, 7) is 2.16. The molecule has 0 amide bonds. The lowest BCUT2D eigenvalue weighted by atomic mass is 10.1. The molecule has 1 unspecified atom stereocenters. The molecule has 0 aliphatic carbocycles. The first-order valence-corrected chi connectivity index (χ1v) is 6.76. The van der Waals surface area contributed by atoms with Gasteiger partial charge in [-0.25, -0.2) is 0 Å². The number of rotatable bonds is 5. The van der Waals surface area contributed by atoms with Gasteiger partial charge in [0.1, 0.15) is 4.34 Å². The van der Waals surface area contributed by atoms with Gasteiger partial charge in [0.05, 0.1) is 6.10 Å². The Morgan fingerprint density at radius 3 is 2.79 bits per heavy atom. The van der Waals surface area contributed by atoms with E-state index in [1.807, 2.05) is 6.07 Å². The fourth-order valence-corrected chi connectivity index (χ4v) is 3.01. The van der Waals surface area contributed by atoms with Gasteiger partial charge in [-0.15, -0.1) is 11.3 Å². The Kier molecular flexibility index (Phi) is 5.45. The minimum atomic E-state index is -0.352. The molecule has 14 heavy (non-hydrogen) atoms. The molecule has 80 valence electrons. The van der Waals surface area contributed by atoms with E-state index in [4.69, 9.17) is 11.6 Å². The van der Waals surface area contributed by atoms with Crippen LogP contribution in [0.3, 0.4) is 0 Å². The van der Waals surface area contributed by atoms with E-state index in [0.717, 1.165) is 26.5 Å². The quantitative estimate of drug-likeness (QED) is 0.776. The van der Waals surface area contributed by atoms with E-state index in [1.54, 1.807) is 0 Å². The van der Waals surface area contributed by atoms with Crippen molar-refractivity contribution in [3.05, 3.63) is 19.8 Å². The summed E-state index contributed by atoms with van der Waals surface area (Å²) in [4.78, 5) is 0.956. The van der Waals surface area contributed by atoms with Gasteiger partial charge >= 0.3 is 0 Å². The molecule has 1 N–H and O–H groups in total. The van der Waals surface area contributed by atoms with Gasteiger partial charge in [0.15, 0.2) is 0 Å². The van der Waals surface area contributed by atoms with Crippen molar-refractivity contribution < 1.29 is 5.11 Å². The molecule has 0 aromatic carbocycles. The van der Waals surface area contributed by atoms with Crippen molar-refractivity contribution in [3.8, 4) is 0 Å². The second kappa shape index (κ2) is 6.11. The molecular weight excluding hydrogens is 284 g/mol. The van der Waals surface area contributed by atoms with Gasteiger partial charge in [0.25, 0.3) is 0 Å². The van der Waals surface area contributed by atoms with Crippen LogP contribution in [0.4, 0.5) is 0 Å². The Balaban J connectivity index is 2.47. The summed E-state index contributed by atoms with van der Waals surface area (Å²) < 4.78 is 1.60. The number of hydrogen-bond donors (Lipinski definition) is 1. The predicted molar refractivity (Wildman–Crippen MR) is 66.1 cm³/mol. The van der Waals surface area contributed by atoms with Crippen LogP contribution in [0.2, 0.25) is 4.34 Å². The second-order valence-electron chi connectivity index (χ2n) is 3.28. The minimum Gasteiger partial charge on any atom is -0.388 e. The van der Waals surface area contributed by atoms with Gasteiger partial charge in [-0.1, -0.05) is 37.8 Å². The molecule has 0 aliphatic rings. The smallest absolute Gasteiger partial charge is 0.107 e. The third-order valence-corrected chi connectivity index (χ3v) is 4.65. The Hall–Kier alpha value is 0.430. The van der Waals surface area contributed by atoms with Crippen LogP contribution in [-0.4, -0.2) is 5.11 Å². The SMILES string of the molecule is CCCCCC(O)c1cc(Br)c(Cl)s1. The average Bonchev–Trinajstić information content (AvgIpc) is 2.47. The normalized spacial score (nSPS) is 13.1. The van der Waals surface area contributed by atoms with E-state index in [0.29, 0.717) is 0 Å². The lowest BCUT2D eigenvalue weighted by Crippen LogP contribution is -1.93. The van der Waals surface area contributed by atoms with E-state index in [9.17, 15) is 5.11 Å². The van der Waals surface area contributed by atoms with Gasteiger partial charge < -0.3 is 5.11 Å². The molecular formula is C10H14BrClOS. The van der Waals surface area contributed by atoms with Crippen molar-refractivity contribution in [1.82, 2.24) is 0 Å². The molecule has 0 aliphatic heterocycles. The Bertz CT molecular complexity index is 268. The largest absolute Gasteiger partial charge is 0.388 e. The zero-order valence-electron chi connectivity index (χ0n) is 8.09. The third kappa shape index (κ3) is 3.54. The molecule has 1 aromatic rings. The maximum absolute atomic E-state index is 9.82. The highest BCUT2D eigenvalue weighted by Crippen LogP contribution is 2.36. The lowest BCUT2D eigenvalue weighted by molar-refractivity contribution is 0.167. The van der Waals surface area contributed by atoms with Crippen molar-refractivity contribution in [2.45, 2.75) is 38.7 Å². The summed E-state index contributed by atoms with van der Waals surface area (Å²) in [5, 5.41) is 9.82. The fraction of sp³-hybridized carbons (Fsp3) is 0.600. The molecule has 0 fully saturated rings. The second-order valence-corrected chi connectivity index (χ2v) is 5.82. The van der Waals surface area contributed by atoms with Crippen LogP contribution < -0.4 is 0 Å². The van der Waals surface area contributed by atoms with Crippen molar-refractivity contribution in [2.75, 3.05) is 0 Å². The van der Waals surface area contributed by atoms with Gasteiger partial charge in [0.2, 0.25) is 0 Å². The summed E-state index contributed by atoms with van der Waals surface area (Å²) in [6.07, 6.45) is 3.91. The van der Waals surface area contributed by atoms with Gasteiger partial charge in [0, 0.05) is 9.35 Å². The van der Waals surface area contributed by atoms with Gasteiger partial charge in [-0.2, -0.15) is 0 Å². The number of hydrogen-bond acceptors (Lipinski definition) is 2. The molecule has 1 atom stereocenters. The number of aliphatic hydroxyl groups excluding tert-OH is 1. The average molecular weight is 298 g/mol. The first-order valence-electron chi connectivity index (χ1n) is 4.78. The molecule has 0 spiro atoms. The van der Waals surface area contributed by atoms with Crippen LogP contribution in [0.25, 0.3) is 0 Å². The third-order valence-electron chi connectivity index (χ3n) is 2.07. The molecule has 4 heteroatoms. The number of thiophene rings is 1. The first kappa shape index (κ1) is 12.5. The summed E-state index contributed by atoms with van der Waals surface area (Å²) >= 11 is 10.7. The topological polar surface area (TPSA) is 20.2 Å². The molecule has 0 saturated heterocycles. The molecule has 1 rings (SSSR count). The minimum absolute atomic E-state index is 0.352. The van der Waals surface area contributed by atoms with Gasteiger partial charge in [-0.05, 0) is 28.4 Å². The highest BCUT2D eigenvalue weighted by atomic mass is 79.9. The van der Waals surface area contributed by atoms with E-state index in [2.05, 4.69) is 22.9 Å². The molecule has 1 nitrogen and oxygen atoms in total. The maximum atomic E-state index is 9.82. The number of unbranched alkanes of at least 4 members (excludes halogenated alkanes) is 2. The van der Waals surface area contributed by atoms with Crippen LogP contribution in [0.1, 0.15) is 43.6 Å². The van der Waals surface area contributed by atoms with Crippen LogP contribution in [0, 0.1) is 0 Å². The van der Waals surface area contributed by atoms with Crippen LogP contribution in [-0.2, 0) is 0 Å². The van der Waals surface area contributed by atoms with Crippen molar-refractivity contribution >= 4 is 38.9 Å². The summed E-state index contributed by atoms with van der Waals surface area (Å²) in [5.74, 6) is 0. The molecule has 0 saturated carbocycles. The Morgan fingerprint density at radius 1 is 1.57 bits per heavy atom. The van der Waals surface area contributed by atoms with Gasteiger partial charge in [-0.3, -0.25) is 0 Å². The zero-order valence-corrected chi connectivity index (χ0v) is 11.3. The fourth-order valence-electron chi connectivity index (χ4n) is 1.26. The Labute approximate surface area is 102 Å². The van der Waals surface area contributed by atoms with E-state index in [1.165, 1.54) is 24.2 Å². The van der Waals surface area contributed by atoms with E-state index < -0.39 is 0 Å². The standard InChI is InChI=1S/C10H14BrClOS/c1-2-3-4-5-8(13)9-6-7(11)10(12)14-9/h6,8,13H,2-5H2,1H3. The highest BCUT2D eigenvalue weighted by molar-refractivity contribution is 9.10. The highest BCUT2D eigenvalue weighted by Gasteiger charge is 2.12. The lowest BCUT2D eigenvalue weighted by Gasteiger charge is -2.06. The molecule has 0 radical (unpaired) electrons. The maximum Gasteiger partial charge on any atom is 0.107 e. The summed E-state index contributed by atoms with van der Waals surface area (Å²) in [7, 11) is 0. The Morgan fingerprint density at radius 2 is 2.29 bits per heavy atom. The first-order chi connectivity index (χ1) is 6.65. The number of aliphatic hydroxyl groups is 1. The van der Waals surface area contributed by atoms with E-state index >= 15 is 0 Å². The molecule has 0 bridgehead atoms. The zero-order chi connectivity index (χ0) is 10.6. The van der Waals surface area contributed by atoms with Crippen molar-refractivity contribution in [3.63, 3.8) is 0 Å². The van der Waals surface area contributed by atoms with Crippen LogP contribution >= 0.6 is 38.9 Å². The number of halogens is 2. The summed E-state index contributed by atoms with van der Waals surface area (Å²) in [6, 6.07) is 1.91. The molecule has 1 aromatic heterocycles. The van der Waals surface area contributed by atoms with Crippen LogP contribution in [0.5, 0.6) is 0 Å². The van der Waals surface area contributed by atoms with E-state index in [-0.39, 0.29) is 6.10 Å². The molecule has 1 heterocycles. The predicted octanol–water partition coefficient (Wildman–Crippen LogP) is 4.78. The summed E-state index contributed by atoms with van der Waals surface area (Å²) in [5.41, 5.74) is 0. The van der Waals surface area contributed by atoms with Crippen molar-refractivity contribution in [2.24, 2.45) is 0 Å².